The molecule has 0 atom stereocenters. The molecule has 0 saturated carbocycles. The minimum atomic E-state index is -0.392. The van der Waals surface area contributed by atoms with Crippen LogP contribution in [0.2, 0.25) is 0 Å². The summed E-state index contributed by atoms with van der Waals surface area (Å²) < 4.78 is 9.96. The van der Waals surface area contributed by atoms with Gasteiger partial charge in [-0.3, -0.25) is 9.13 Å². The molecule has 34 heavy (non-hydrogen) atoms. The van der Waals surface area contributed by atoms with Crippen LogP contribution in [0.3, 0.4) is 0 Å². The van der Waals surface area contributed by atoms with Crippen molar-refractivity contribution in [3.05, 3.63) is 106 Å². The molecule has 8 heteroatoms. The van der Waals surface area contributed by atoms with Gasteiger partial charge in [-0.15, -0.1) is 0 Å². The van der Waals surface area contributed by atoms with Crippen LogP contribution in [0.25, 0.3) is 22.6 Å². The van der Waals surface area contributed by atoms with Crippen molar-refractivity contribution in [1.29, 1.82) is 0 Å². The number of rotatable bonds is 5. The molecule has 8 nitrogen and oxygen atoms in total. The minimum absolute atomic E-state index is 0.145. The molecular formula is C26H23N5O3. The lowest BCUT2D eigenvalue weighted by molar-refractivity contribution is 0.0600. The highest BCUT2D eigenvalue weighted by molar-refractivity contribution is 5.89. The number of pyridine rings is 1. The van der Waals surface area contributed by atoms with Gasteiger partial charge in [0.15, 0.2) is 5.65 Å². The quantitative estimate of drug-likeness (QED) is 0.378. The molecule has 3 aromatic heterocycles. The first-order valence-electron chi connectivity index (χ1n) is 10.8. The van der Waals surface area contributed by atoms with Crippen molar-refractivity contribution in [2.24, 2.45) is 0 Å². The van der Waals surface area contributed by atoms with Crippen LogP contribution in [0.1, 0.15) is 27.2 Å². The molecule has 0 bridgehead atoms. The Hall–Kier alpha value is -4.46. The van der Waals surface area contributed by atoms with Gasteiger partial charge >= 0.3 is 11.7 Å². The Kier molecular flexibility index (Phi) is 5.33. The Morgan fingerprint density at radius 1 is 1.03 bits per heavy atom. The number of fused-ring (bicyclic) bond motifs is 1. The average molecular weight is 454 g/mol. The van der Waals surface area contributed by atoms with Crippen LogP contribution in [0.4, 0.5) is 0 Å². The number of benzene rings is 2. The van der Waals surface area contributed by atoms with E-state index in [1.54, 1.807) is 25.8 Å². The molecule has 0 saturated heterocycles. The van der Waals surface area contributed by atoms with Gasteiger partial charge in [-0.05, 0) is 61.4 Å². The summed E-state index contributed by atoms with van der Waals surface area (Å²) >= 11 is 0. The Morgan fingerprint density at radius 3 is 2.56 bits per heavy atom. The molecule has 0 aliphatic rings. The Morgan fingerprint density at radius 2 is 1.82 bits per heavy atom. The molecule has 0 N–H and O–H groups in total. The van der Waals surface area contributed by atoms with E-state index in [4.69, 9.17) is 4.74 Å². The molecule has 0 spiro atoms. The van der Waals surface area contributed by atoms with Gasteiger partial charge in [0.05, 0.1) is 30.6 Å². The summed E-state index contributed by atoms with van der Waals surface area (Å²) in [5.74, 6) is -0.392. The molecule has 0 fully saturated rings. The van der Waals surface area contributed by atoms with E-state index in [2.05, 4.69) is 10.1 Å². The molecule has 5 rings (SSSR count). The van der Waals surface area contributed by atoms with E-state index in [1.165, 1.54) is 13.4 Å². The number of hydrogen-bond donors (Lipinski definition) is 0. The zero-order chi connectivity index (χ0) is 23.8. The van der Waals surface area contributed by atoms with Gasteiger partial charge in [0.2, 0.25) is 0 Å². The van der Waals surface area contributed by atoms with Gasteiger partial charge in [0.25, 0.3) is 0 Å². The third-order valence-corrected chi connectivity index (χ3v) is 5.92. The van der Waals surface area contributed by atoms with Gasteiger partial charge in [-0.25, -0.2) is 19.1 Å². The SMILES string of the molecule is COC(=O)c1ccc(Cn2c(C)c(-c3ccc4ncnn4c3)n(-c3cccc(C)c3)c2=O)cc1. The number of carbonyl (C=O) groups excluding carboxylic acids is 1. The van der Waals surface area contributed by atoms with Crippen molar-refractivity contribution in [3.8, 4) is 16.9 Å². The molecule has 0 amide bonds. The van der Waals surface area contributed by atoms with Crippen molar-refractivity contribution in [2.45, 2.75) is 20.4 Å². The van der Waals surface area contributed by atoms with Crippen molar-refractivity contribution in [3.63, 3.8) is 0 Å². The molecule has 5 aromatic rings. The van der Waals surface area contributed by atoms with Crippen molar-refractivity contribution in [1.82, 2.24) is 23.7 Å². The molecule has 0 radical (unpaired) electrons. The Labute approximate surface area is 195 Å². The van der Waals surface area contributed by atoms with E-state index < -0.39 is 5.97 Å². The normalized spacial score (nSPS) is 11.1. The second-order valence-electron chi connectivity index (χ2n) is 8.15. The van der Waals surface area contributed by atoms with Gasteiger partial charge in [-0.2, -0.15) is 5.10 Å². The third-order valence-electron chi connectivity index (χ3n) is 5.92. The molecule has 2 aromatic carbocycles. The molecular weight excluding hydrogens is 430 g/mol. The van der Waals surface area contributed by atoms with Gasteiger partial charge in [0, 0.05) is 17.5 Å². The molecule has 0 aliphatic carbocycles. The number of carbonyl (C=O) groups is 1. The van der Waals surface area contributed by atoms with Crippen LogP contribution < -0.4 is 5.69 Å². The maximum atomic E-state index is 13.8. The zero-order valence-electron chi connectivity index (χ0n) is 19.1. The highest BCUT2D eigenvalue weighted by Crippen LogP contribution is 2.27. The fourth-order valence-corrected chi connectivity index (χ4v) is 4.18. The zero-order valence-corrected chi connectivity index (χ0v) is 19.1. The summed E-state index contributed by atoms with van der Waals surface area (Å²) in [5.41, 5.74) is 6.28. The van der Waals surface area contributed by atoms with E-state index in [0.717, 1.165) is 39.4 Å². The summed E-state index contributed by atoms with van der Waals surface area (Å²) in [6.45, 7) is 4.31. The fourth-order valence-electron chi connectivity index (χ4n) is 4.18. The summed E-state index contributed by atoms with van der Waals surface area (Å²) in [7, 11) is 1.35. The van der Waals surface area contributed by atoms with Crippen LogP contribution >= 0.6 is 0 Å². The third kappa shape index (κ3) is 3.69. The van der Waals surface area contributed by atoms with Gasteiger partial charge in [0.1, 0.15) is 6.33 Å². The molecule has 0 unspecified atom stereocenters. The predicted octanol–water partition coefficient (Wildman–Crippen LogP) is 3.80. The highest BCUT2D eigenvalue weighted by Gasteiger charge is 2.21. The number of aromatic nitrogens is 5. The molecule has 0 aliphatic heterocycles. The van der Waals surface area contributed by atoms with Crippen LogP contribution in [-0.2, 0) is 11.3 Å². The smallest absolute Gasteiger partial charge is 0.337 e. The van der Waals surface area contributed by atoms with Crippen molar-refractivity contribution < 1.29 is 9.53 Å². The summed E-state index contributed by atoms with van der Waals surface area (Å²) in [5, 5.41) is 4.25. The van der Waals surface area contributed by atoms with Crippen LogP contribution in [0, 0.1) is 13.8 Å². The maximum absolute atomic E-state index is 13.8. The summed E-state index contributed by atoms with van der Waals surface area (Å²) in [6.07, 6.45) is 3.38. The second-order valence-corrected chi connectivity index (χ2v) is 8.15. The highest BCUT2D eigenvalue weighted by atomic mass is 16.5. The number of nitrogens with zero attached hydrogens (tertiary/aromatic N) is 5. The van der Waals surface area contributed by atoms with E-state index in [9.17, 15) is 9.59 Å². The number of methoxy groups -OCH3 is 1. The number of esters is 1. The standard InChI is InChI=1S/C26H23N5O3/c1-17-5-4-6-22(13-17)31-24(21-11-12-23-27-16-28-30(23)15-21)18(2)29(26(31)33)14-19-7-9-20(10-8-19)25(32)34-3/h4-13,15-16H,14H2,1-3H3. The lowest BCUT2D eigenvalue weighted by Crippen LogP contribution is -2.24. The maximum Gasteiger partial charge on any atom is 0.337 e. The van der Waals surface area contributed by atoms with Gasteiger partial charge < -0.3 is 4.74 Å². The number of imidazole rings is 1. The average Bonchev–Trinajstić information content (AvgIpc) is 3.41. The first-order valence-corrected chi connectivity index (χ1v) is 10.8. The molecule has 3 heterocycles. The first-order chi connectivity index (χ1) is 16.5. The molecule has 170 valence electrons. The second kappa shape index (κ2) is 8.47. The largest absolute Gasteiger partial charge is 0.465 e. The van der Waals surface area contributed by atoms with Crippen molar-refractivity contribution >= 4 is 11.6 Å². The lowest BCUT2D eigenvalue weighted by atomic mass is 10.1. The number of aryl methyl sites for hydroxylation is 1. The predicted molar refractivity (Wildman–Crippen MR) is 128 cm³/mol. The Bertz CT molecular complexity index is 1570. The minimum Gasteiger partial charge on any atom is -0.465 e. The van der Waals surface area contributed by atoms with E-state index in [0.29, 0.717) is 12.1 Å². The fraction of sp³-hybridized carbons (Fsp3) is 0.154. The Balaban J connectivity index is 1.67. The van der Waals surface area contributed by atoms with E-state index in [-0.39, 0.29) is 5.69 Å². The topological polar surface area (TPSA) is 83.4 Å². The summed E-state index contributed by atoms with van der Waals surface area (Å²) in [4.78, 5) is 29.7. The van der Waals surface area contributed by atoms with E-state index in [1.807, 2.05) is 68.6 Å². The van der Waals surface area contributed by atoms with Crippen LogP contribution in [-0.4, -0.2) is 36.8 Å². The van der Waals surface area contributed by atoms with Gasteiger partial charge in [-0.1, -0.05) is 24.3 Å². The van der Waals surface area contributed by atoms with Crippen molar-refractivity contribution in [2.75, 3.05) is 7.11 Å². The monoisotopic (exact) mass is 453 g/mol. The number of ether oxygens (including phenoxy) is 1. The van der Waals surface area contributed by atoms with Crippen LogP contribution in [0.15, 0.2) is 78.0 Å². The summed E-state index contributed by atoms with van der Waals surface area (Å²) in [6, 6.07) is 18.8. The number of hydrogen-bond acceptors (Lipinski definition) is 5. The lowest BCUT2D eigenvalue weighted by Gasteiger charge is -2.10. The first kappa shape index (κ1) is 21.4. The van der Waals surface area contributed by atoms with Crippen LogP contribution in [0.5, 0.6) is 0 Å². The van der Waals surface area contributed by atoms with E-state index >= 15 is 0 Å².